The highest BCUT2D eigenvalue weighted by Gasteiger charge is 2.13. The van der Waals surface area contributed by atoms with E-state index in [0.29, 0.717) is 5.92 Å². The number of nitrogens with one attached hydrogen (secondary N) is 1. The third-order valence-corrected chi connectivity index (χ3v) is 3.19. The molecule has 90 valence electrons. The second kappa shape index (κ2) is 4.75. The van der Waals surface area contributed by atoms with Crippen LogP contribution in [0.25, 0.3) is 11.1 Å². The van der Waals surface area contributed by atoms with Crippen LogP contribution >= 0.6 is 0 Å². The maximum atomic E-state index is 5.80. The topological polar surface area (TPSA) is 47.3 Å². The molecule has 2 aromatic rings. The van der Waals surface area contributed by atoms with Gasteiger partial charge in [0.15, 0.2) is 12.0 Å². The van der Waals surface area contributed by atoms with Crippen molar-refractivity contribution in [1.29, 1.82) is 0 Å². The molecule has 1 saturated heterocycles. The van der Waals surface area contributed by atoms with Gasteiger partial charge in [-0.1, -0.05) is 0 Å². The summed E-state index contributed by atoms with van der Waals surface area (Å²) in [7, 11) is 0. The van der Waals surface area contributed by atoms with E-state index in [2.05, 4.69) is 10.3 Å². The van der Waals surface area contributed by atoms with E-state index in [0.717, 1.165) is 36.5 Å². The van der Waals surface area contributed by atoms with E-state index in [1.807, 2.05) is 18.2 Å². The first-order valence-corrected chi connectivity index (χ1v) is 6.08. The lowest BCUT2D eigenvalue weighted by Gasteiger charge is -2.22. The van der Waals surface area contributed by atoms with Crippen LogP contribution in [0.5, 0.6) is 5.75 Å². The first kappa shape index (κ1) is 10.6. The monoisotopic (exact) mass is 232 g/mol. The minimum Gasteiger partial charge on any atom is -0.493 e. The second-order valence-electron chi connectivity index (χ2n) is 4.51. The molecule has 0 aliphatic carbocycles. The van der Waals surface area contributed by atoms with Gasteiger partial charge in [-0.05, 0) is 31.5 Å². The Morgan fingerprint density at radius 2 is 2.47 bits per heavy atom. The Balaban J connectivity index is 1.63. The van der Waals surface area contributed by atoms with Crippen molar-refractivity contribution in [2.24, 2.45) is 5.92 Å². The number of oxazole rings is 1. The van der Waals surface area contributed by atoms with Crippen molar-refractivity contribution >= 4 is 11.1 Å². The minimum absolute atomic E-state index is 0.620. The zero-order valence-corrected chi connectivity index (χ0v) is 9.69. The summed E-state index contributed by atoms with van der Waals surface area (Å²) < 4.78 is 11.0. The van der Waals surface area contributed by atoms with Crippen LogP contribution < -0.4 is 10.1 Å². The van der Waals surface area contributed by atoms with Crippen molar-refractivity contribution in [3.8, 4) is 5.75 Å². The van der Waals surface area contributed by atoms with Gasteiger partial charge in [0.2, 0.25) is 0 Å². The lowest BCUT2D eigenvalue weighted by Crippen LogP contribution is -2.33. The first-order valence-electron chi connectivity index (χ1n) is 6.08. The van der Waals surface area contributed by atoms with Crippen LogP contribution in [-0.4, -0.2) is 24.7 Å². The Bertz CT molecular complexity index is 489. The predicted octanol–water partition coefficient (Wildman–Crippen LogP) is 2.21. The fraction of sp³-hybridized carbons (Fsp3) is 0.462. The SMILES string of the molecule is c1nc2ccc(OCC3CCCNC3)cc2o1. The molecule has 0 saturated carbocycles. The summed E-state index contributed by atoms with van der Waals surface area (Å²) in [6.45, 7) is 2.97. The molecule has 1 N–H and O–H groups in total. The number of benzene rings is 1. The number of hydrogen-bond acceptors (Lipinski definition) is 4. The molecule has 4 nitrogen and oxygen atoms in total. The van der Waals surface area contributed by atoms with Gasteiger partial charge in [0.25, 0.3) is 0 Å². The number of hydrogen-bond donors (Lipinski definition) is 1. The van der Waals surface area contributed by atoms with Crippen LogP contribution in [0.3, 0.4) is 0 Å². The number of aromatic nitrogens is 1. The highest BCUT2D eigenvalue weighted by Crippen LogP contribution is 2.21. The summed E-state index contributed by atoms with van der Waals surface area (Å²) in [5.74, 6) is 1.48. The molecule has 1 aromatic carbocycles. The minimum atomic E-state index is 0.620. The molecular formula is C13H16N2O2. The van der Waals surface area contributed by atoms with Crippen molar-refractivity contribution in [2.75, 3.05) is 19.7 Å². The predicted molar refractivity (Wildman–Crippen MR) is 65.1 cm³/mol. The molecule has 2 heterocycles. The Morgan fingerprint density at radius 3 is 3.35 bits per heavy atom. The van der Waals surface area contributed by atoms with Gasteiger partial charge in [-0.15, -0.1) is 0 Å². The molecule has 1 aromatic heterocycles. The average Bonchev–Trinajstić information content (AvgIpc) is 2.85. The number of ether oxygens (including phenoxy) is 1. The van der Waals surface area contributed by atoms with E-state index in [1.54, 1.807) is 0 Å². The Hall–Kier alpha value is -1.55. The Labute approximate surface area is 100.0 Å². The molecule has 0 bridgehead atoms. The third kappa shape index (κ3) is 2.42. The molecule has 0 radical (unpaired) electrons. The van der Waals surface area contributed by atoms with Crippen LogP contribution in [0.1, 0.15) is 12.8 Å². The number of piperidine rings is 1. The average molecular weight is 232 g/mol. The van der Waals surface area contributed by atoms with E-state index < -0.39 is 0 Å². The van der Waals surface area contributed by atoms with Gasteiger partial charge in [0.05, 0.1) is 6.61 Å². The number of rotatable bonds is 3. The van der Waals surface area contributed by atoms with Gasteiger partial charge < -0.3 is 14.5 Å². The molecule has 1 fully saturated rings. The molecule has 1 aliphatic rings. The number of nitrogens with zero attached hydrogens (tertiary/aromatic N) is 1. The lowest BCUT2D eigenvalue weighted by molar-refractivity contribution is 0.218. The molecule has 0 spiro atoms. The Morgan fingerprint density at radius 1 is 1.47 bits per heavy atom. The van der Waals surface area contributed by atoms with E-state index >= 15 is 0 Å². The summed E-state index contributed by atoms with van der Waals surface area (Å²) >= 11 is 0. The maximum absolute atomic E-state index is 5.80. The standard InChI is InChI=1S/C13H16N2O2/c1-2-10(7-14-5-1)8-16-11-3-4-12-13(6-11)17-9-15-12/h3-4,6,9-10,14H,1-2,5,7-8H2. The molecular weight excluding hydrogens is 216 g/mol. The van der Waals surface area contributed by atoms with Gasteiger partial charge in [-0.3, -0.25) is 0 Å². The van der Waals surface area contributed by atoms with E-state index in [9.17, 15) is 0 Å². The maximum Gasteiger partial charge on any atom is 0.181 e. The van der Waals surface area contributed by atoms with Gasteiger partial charge in [0, 0.05) is 18.5 Å². The smallest absolute Gasteiger partial charge is 0.181 e. The first-order chi connectivity index (χ1) is 8.42. The summed E-state index contributed by atoms with van der Waals surface area (Å²) in [6, 6.07) is 5.77. The third-order valence-electron chi connectivity index (χ3n) is 3.19. The largest absolute Gasteiger partial charge is 0.493 e. The van der Waals surface area contributed by atoms with Crippen molar-refractivity contribution in [3.63, 3.8) is 0 Å². The Kier molecular flexibility index (Phi) is 2.96. The fourth-order valence-corrected chi connectivity index (χ4v) is 2.21. The van der Waals surface area contributed by atoms with Crippen molar-refractivity contribution < 1.29 is 9.15 Å². The summed E-state index contributed by atoms with van der Waals surface area (Å²) in [4.78, 5) is 4.08. The van der Waals surface area contributed by atoms with Crippen molar-refractivity contribution in [1.82, 2.24) is 10.3 Å². The zero-order chi connectivity index (χ0) is 11.5. The highest BCUT2D eigenvalue weighted by molar-refractivity contribution is 5.73. The second-order valence-corrected chi connectivity index (χ2v) is 4.51. The van der Waals surface area contributed by atoms with Gasteiger partial charge in [-0.25, -0.2) is 4.98 Å². The van der Waals surface area contributed by atoms with E-state index in [1.165, 1.54) is 19.2 Å². The zero-order valence-electron chi connectivity index (χ0n) is 9.69. The molecule has 1 atom stereocenters. The van der Waals surface area contributed by atoms with Crippen LogP contribution in [0.15, 0.2) is 29.0 Å². The van der Waals surface area contributed by atoms with Crippen molar-refractivity contribution in [3.05, 3.63) is 24.6 Å². The molecule has 3 rings (SSSR count). The van der Waals surface area contributed by atoms with Crippen LogP contribution in [0.2, 0.25) is 0 Å². The summed E-state index contributed by atoms with van der Waals surface area (Å²) in [5.41, 5.74) is 1.65. The summed E-state index contributed by atoms with van der Waals surface area (Å²) in [6.07, 6.45) is 3.95. The normalized spacial score (nSPS) is 20.6. The van der Waals surface area contributed by atoms with Gasteiger partial charge >= 0.3 is 0 Å². The number of fused-ring (bicyclic) bond motifs is 1. The molecule has 1 aliphatic heterocycles. The quantitative estimate of drug-likeness (QED) is 0.881. The lowest BCUT2D eigenvalue weighted by atomic mass is 10.0. The van der Waals surface area contributed by atoms with Crippen molar-refractivity contribution in [2.45, 2.75) is 12.8 Å². The van der Waals surface area contributed by atoms with Gasteiger partial charge in [0.1, 0.15) is 11.3 Å². The highest BCUT2D eigenvalue weighted by atomic mass is 16.5. The molecule has 1 unspecified atom stereocenters. The van der Waals surface area contributed by atoms with Crippen LogP contribution in [-0.2, 0) is 0 Å². The molecule has 0 amide bonds. The fourth-order valence-electron chi connectivity index (χ4n) is 2.21. The van der Waals surface area contributed by atoms with Crippen LogP contribution in [0, 0.1) is 5.92 Å². The summed E-state index contributed by atoms with van der Waals surface area (Å²) in [5, 5.41) is 3.39. The van der Waals surface area contributed by atoms with E-state index in [-0.39, 0.29) is 0 Å². The van der Waals surface area contributed by atoms with E-state index in [4.69, 9.17) is 9.15 Å². The molecule has 17 heavy (non-hydrogen) atoms. The van der Waals surface area contributed by atoms with Gasteiger partial charge in [-0.2, -0.15) is 0 Å². The molecule has 4 heteroatoms. The van der Waals surface area contributed by atoms with Crippen LogP contribution in [0.4, 0.5) is 0 Å².